The Balaban J connectivity index is 3.01. The molecular formula is C21H28ClNO7S. The second-order valence-electron chi connectivity index (χ2n) is 6.84. The number of hydrogen-bond acceptors (Lipinski definition) is 8. The largest absolute Gasteiger partial charge is 0.509 e. The number of methoxy groups -OCH3 is 1. The summed E-state index contributed by atoms with van der Waals surface area (Å²) in [4.78, 5) is 37.2. The zero-order valence-electron chi connectivity index (χ0n) is 17.8. The molecule has 0 aromatic carbocycles. The van der Waals surface area contributed by atoms with E-state index < -0.39 is 24.1 Å². The molecule has 0 radical (unpaired) electrons. The number of carbonyl (C=O) groups is 3. The number of carbonyl (C=O) groups excluding carboxylic acids is 2. The van der Waals surface area contributed by atoms with Crippen molar-refractivity contribution >= 4 is 41.5 Å². The van der Waals surface area contributed by atoms with Gasteiger partial charge in [-0.3, -0.25) is 4.90 Å². The summed E-state index contributed by atoms with van der Waals surface area (Å²) in [5, 5.41) is 9.24. The van der Waals surface area contributed by atoms with Gasteiger partial charge in [0.05, 0.1) is 13.2 Å². The molecule has 0 aromatic heterocycles. The maximum atomic E-state index is 12.5. The molecule has 1 heterocycles. The van der Waals surface area contributed by atoms with Gasteiger partial charge in [-0.2, -0.15) is 0 Å². The van der Waals surface area contributed by atoms with Gasteiger partial charge >= 0.3 is 18.1 Å². The van der Waals surface area contributed by atoms with Crippen LogP contribution in [0.4, 0.5) is 4.79 Å². The van der Waals surface area contributed by atoms with E-state index in [0.717, 1.165) is 6.08 Å². The average molecular weight is 474 g/mol. The molecule has 1 aliphatic heterocycles. The van der Waals surface area contributed by atoms with Crippen molar-refractivity contribution in [2.75, 3.05) is 26.1 Å². The van der Waals surface area contributed by atoms with E-state index in [4.69, 9.17) is 25.8 Å². The maximum Gasteiger partial charge on any atom is 0.509 e. The molecule has 1 aliphatic rings. The van der Waals surface area contributed by atoms with Crippen molar-refractivity contribution in [2.45, 2.75) is 37.7 Å². The van der Waals surface area contributed by atoms with Crippen LogP contribution in [0.3, 0.4) is 0 Å². The number of piperidine rings is 1. The fourth-order valence-corrected chi connectivity index (χ4v) is 4.15. The van der Waals surface area contributed by atoms with Gasteiger partial charge in [0, 0.05) is 29.4 Å². The predicted molar refractivity (Wildman–Crippen MR) is 120 cm³/mol. The molecule has 2 atom stereocenters. The third-order valence-corrected chi connectivity index (χ3v) is 5.67. The quantitative estimate of drug-likeness (QED) is 0.220. The van der Waals surface area contributed by atoms with Crippen molar-refractivity contribution < 1.29 is 33.7 Å². The van der Waals surface area contributed by atoms with Crippen LogP contribution in [-0.2, 0) is 23.8 Å². The van der Waals surface area contributed by atoms with Crippen molar-refractivity contribution in [1.29, 1.82) is 0 Å². The zero-order chi connectivity index (χ0) is 23.6. The van der Waals surface area contributed by atoms with Gasteiger partial charge in [0.15, 0.2) is 0 Å². The summed E-state index contributed by atoms with van der Waals surface area (Å²) < 4.78 is 14.9. The molecule has 0 amide bonds. The molecule has 172 valence electrons. The van der Waals surface area contributed by atoms with Gasteiger partial charge in [0.1, 0.15) is 12.0 Å². The van der Waals surface area contributed by atoms with Gasteiger partial charge in [-0.15, -0.1) is 11.8 Å². The third-order valence-electron chi connectivity index (χ3n) is 4.26. The minimum Gasteiger partial charge on any atom is -0.478 e. The molecule has 1 fully saturated rings. The second kappa shape index (κ2) is 13.2. The Morgan fingerprint density at radius 2 is 2.06 bits per heavy atom. The van der Waals surface area contributed by atoms with Gasteiger partial charge in [-0.25, -0.2) is 14.4 Å². The fourth-order valence-electron chi connectivity index (χ4n) is 3.02. The highest BCUT2D eigenvalue weighted by atomic mass is 35.5. The van der Waals surface area contributed by atoms with E-state index >= 15 is 0 Å². The van der Waals surface area contributed by atoms with Crippen LogP contribution < -0.4 is 0 Å². The molecule has 0 aliphatic carbocycles. The van der Waals surface area contributed by atoms with Crippen molar-refractivity contribution in [1.82, 2.24) is 4.90 Å². The van der Waals surface area contributed by atoms with E-state index in [1.54, 1.807) is 24.8 Å². The Kier molecular flexibility index (Phi) is 11.4. The minimum atomic E-state index is -1.11. The zero-order valence-corrected chi connectivity index (χ0v) is 19.4. The van der Waals surface area contributed by atoms with Crippen molar-refractivity contribution in [3.63, 3.8) is 0 Å². The summed E-state index contributed by atoms with van der Waals surface area (Å²) in [6, 6.07) is -0.867. The van der Waals surface area contributed by atoms with Crippen molar-refractivity contribution in [3.8, 4) is 0 Å². The number of hydrogen-bond donors (Lipinski definition) is 1. The van der Waals surface area contributed by atoms with E-state index in [1.807, 2.05) is 0 Å². The number of halogens is 1. The first kappa shape index (κ1) is 26.8. The summed E-state index contributed by atoms with van der Waals surface area (Å²) in [5.41, 5.74) is 0.987. The third kappa shape index (κ3) is 8.80. The normalized spacial score (nSPS) is 19.6. The maximum absolute atomic E-state index is 12.5. The molecule has 0 aromatic rings. The number of likely N-dealkylation sites (tertiary alicyclic amines) is 1. The minimum absolute atomic E-state index is 0.00765. The summed E-state index contributed by atoms with van der Waals surface area (Å²) >= 11 is 7.39. The van der Waals surface area contributed by atoms with Crippen LogP contribution in [0.15, 0.2) is 47.6 Å². The Hall–Kier alpha value is -2.23. The second-order valence-corrected chi connectivity index (χ2v) is 8.43. The van der Waals surface area contributed by atoms with Gasteiger partial charge in [-0.1, -0.05) is 36.9 Å². The van der Waals surface area contributed by atoms with Crippen molar-refractivity contribution in [2.24, 2.45) is 0 Å². The first-order chi connectivity index (χ1) is 14.6. The lowest BCUT2D eigenvalue weighted by molar-refractivity contribution is -0.145. The van der Waals surface area contributed by atoms with Crippen LogP contribution in [0.1, 0.15) is 20.3 Å². The number of aliphatic carboxylic acids is 1. The van der Waals surface area contributed by atoms with E-state index in [-0.39, 0.29) is 28.9 Å². The van der Waals surface area contributed by atoms with E-state index in [2.05, 4.69) is 13.2 Å². The first-order valence-electron chi connectivity index (χ1n) is 9.48. The fraction of sp³-hybridized carbons (Fsp3) is 0.476. The molecule has 1 rings (SSSR count). The topological polar surface area (TPSA) is 102 Å². The predicted octanol–water partition coefficient (Wildman–Crippen LogP) is 3.73. The molecule has 0 unspecified atom stereocenters. The molecule has 1 saturated heterocycles. The van der Waals surface area contributed by atoms with Gasteiger partial charge < -0.3 is 19.3 Å². The van der Waals surface area contributed by atoms with Crippen LogP contribution in [0, 0.1) is 0 Å². The van der Waals surface area contributed by atoms with Crippen LogP contribution in [0.25, 0.3) is 0 Å². The molecule has 8 nitrogen and oxygen atoms in total. The number of allylic oxidation sites excluding steroid dienone is 2. The van der Waals surface area contributed by atoms with Crippen LogP contribution in [-0.4, -0.2) is 71.6 Å². The molecule has 1 N–H and O–H groups in total. The molecule has 0 saturated carbocycles. The monoisotopic (exact) mass is 473 g/mol. The molecular weight excluding hydrogens is 446 g/mol. The number of thioether (sulfide) groups is 1. The highest BCUT2D eigenvalue weighted by Crippen LogP contribution is 2.32. The summed E-state index contributed by atoms with van der Waals surface area (Å²) in [5.74, 6) is -1.65. The summed E-state index contributed by atoms with van der Waals surface area (Å²) in [6.45, 7) is 11.4. The standard InChI is InChI=1S/C21H28ClNO7S/c1-6-7-16(14(4)22)19(20(26)28-5)23-9-8-17(15(11-23)10-18(24)25)31-12-29-21(27)30-13(2)3/h6-7,10,13,17,19H,1,4,8-9,11-12H2,2-3,5H3,(H,24,25)/b15-10+,16-7+/t17-,19+/m1/s1. The van der Waals surface area contributed by atoms with E-state index in [1.165, 1.54) is 24.9 Å². The summed E-state index contributed by atoms with van der Waals surface area (Å²) in [7, 11) is 1.27. The highest BCUT2D eigenvalue weighted by Gasteiger charge is 2.36. The lowest BCUT2D eigenvalue weighted by atomic mass is 9.97. The smallest absolute Gasteiger partial charge is 0.478 e. The number of carboxylic acids is 1. The SMILES string of the molecule is C=C/C=C(\C(=C)Cl)[C@@H](C(=O)OC)N1CC[C@@H](SCOC(=O)OC(C)C)/C(=C/C(=O)O)C1. The van der Waals surface area contributed by atoms with Crippen LogP contribution in [0.5, 0.6) is 0 Å². The van der Waals surface area contributed by atoms with Crippen LogP contribution >= 0.6 is 23.4 Å². The highest BCUT2D eigenvalue weighted by molar-refractivity contribution is 7.99. The number of ether oxygens (including phenoxy) is 3. The Morgan fingerprint density at radius 1 is 1.39 bits per heavy atom. The molecule has 0 spiro atoms. The lowest BCUT2D eigenvalue weighted by Gasteiger charge is -2.38. The number of rotatable bonds is 10. The average Bonchev–Trinajstić information content (AvgIpc) is 2.67. The lowest BCUT2D eigenvalue weighted by Crippen LogP contribution is -2.49. The number of nitrogens with zero attached hydrogens (tertiary/aromatic N) is 1. The van der Waals surface area contributed by atoms with Gasteiger partial charge in [0.2, 0.25) is 0 Å². The molecule has 0 bridgehead atoms. The number of carboxylic acid groups (broad SMARTS) is 1. The molecule has 31 heavy (non-hydrogen) atoms. The molecule has 10 heteroatoms. The van der Waals surface area contributed by atoms with E-state index in [9.17, 15) is 19.5 Å². The van der Waals surface area contributed by atoms with Crippen LogP contribution in [0.2, 0.25) is 0 Å². The van der Waals surface area contributed by atoms with E-state index in [0.29, 0.717) is 24.1 Å². The Morgan fingerprint density at radius 3 is 2.58 bits per heavy atom. The Bertz CT molecular complexity index is 763. The van der Waals surface area contributed by atoms with Gasteiger partial charge in [-0.05, 0) is 31.4 Å². The van der Waals surface area contributed by atoms with Crippen molar-refractivity contribution in [3.05, 3.63) is 47.6 Å². The number of esters is 1. The Labute approximate surface area is 191 Å². The first-order valence-corrected chi connectivity index (χ1v) is 10.9. The summed E-state index contributed by atoms with van der Waals surface area (Å²) in [6.07, 6.45) is 3.60. The van der Waals surface area contributed by atoms with Gasteiger partial charge in [0.25, 0.3) is 0 Å².